The zero-order chi connectivity index (χ0) is 6.69. The summed E-state index contributed by atoms with van der Waals surface area (Å²) in [6, 6.07) is 0. The largest absolute Gasteiger partial charge is 0.393 e. The fourth-order valence-corrected chi connectivity index (χ4v) is 1.47. The number of hydrogen-bond donors (Lipinski definition) is 1. The van der Waals surface area contributed by atoms with E-state index in [1.807, 2.05) is 0 Å². The molecular formula is C8H16O. The molecule has 0 aliphatic heterocycles. The maximum absolute atomic E-state index is 9.36. The Labute approximate surface area is 57.1 Å². The fourth-order valence-electron chi connectivity index (χ4n) is 1.47. The standard InChI is InChI=1S/C8H16O/c1-7-5-3-2-4-6-8(7)9/h7-9H,2-6H2,1H3/t7-,8+/m0/s1. The zero-order valence-corrected chi connectivity index (χ0v) is 6.14. The second-order valence-corrected chi connectivity index (χ2v) is 3.18. The monoisotopic (exact) mass is 128 g/mol. The van der Waals surface area contributed by atoms with Crippen LogP contribution in [0, 0.1) is 5.92 Å². The number of aliphatic hydroxyl groups is 1. The molecule has 1 aliphatic carbocycles. The molecule has 1 aliphatic rings. The third-order valence-electron chi connectivity index (χ3n) is 2.32. The molecule has 1 rings (SSSR count). The summed E-state index contributed by atoms with van der Waals surface area (Å²) in [7, 11) is 0. The summed E-state index contributed by atoms with van der Waals surface area (Å²) >= 11 is 0. The first-order valence-electron chi connectivity index (χ1n) is 3.99. The van der Waals surface area contributed by atoms with Gasteiger partial charge in [0.25, 0.3) is 0 Å². The molecule has 54 valence electrons. The van der Waals surface area contributed by atoms with Crippen LogP contribution in [0.1, 0.15) is 39.0 Å². The van der Waals surface area contributed by atoms with Gasteiger partial charge in [0.2, 0.25) is 0 Å². The van der Waals surface area contributed by atoms with Crippen LogP contribution in [0.3, 0.4) is 0 Å². The van der Waals surface area contributed by atoms with E-state index >= 15 is 0 Å². The molecule has 0 unspecified atom stereocenters. The van der Waals surface area contributed by atoms with Gasteiger partial charge < -0.3 is 5.11 Å². The SMILES string of the molecule is C[C@H]1CCCCC[C@H]1O. The minimum atomic E-state index is -0.00694. The first-order chi connectivity index (χ1) is 4.30. The second kappa shape index (κ2) is 3.21. The van der Waals surface area contributed by atoms with Gasteiger partial charge in [0.15, 0.2) is 0 Å². The predicted octanol–water partition coefficient (Wildman–Crippen LogP) is 1.95. The second-order valence-electron chi connectivity index (χ2n) is 3.18. The van der Waals surface area contributed by atoms with E-state index in [1.54, 1.807) is 0 Å². The molecule has 0 radical (unpaired) electrons. The van der Waals surface area contributed by atoms with Crippen molar-refractivity contribution >= 4 is 0 Å². The van der Waals surface area contributed by atoms with Crippen molar-refractivity contribution in [1.29, 1.82) is 0 Å². The summed E-state index contributed by atoms with van der Waals surface area (Å²) < 4.78 is 0. The van der Waals surface area contributed by atoms with Crippen LogP contribution in [-0.4, -0.2) is 11.2 Å². The Morgan fingerprint density at radius 2 is 1.78 bits per heavy atom. The highest BCUT2D eigenvalue weighted by molar-refractivity contribution is 4.68. The lowest BCUT2D eigenvalue weighted by Crippen LogP contribution is -2.14. The highest BCUT2D eigenvalue weighted by atomic mass is 16.3. The van der Waals surface area contributed by atoms with E-state index in [0.29, 0.717) is 5.92 Å². The van der Waals surface area contributed by atoms with Gasteiger partial charge in [-0.05, 0) is 18.8 Å². The summed E-state index contributed by atoms with van der Waals surface area (Å²) in [5.74, 6) is 0.549. The first-order valence-corrected chi connectivity index (χ1v) is 3.99. The topological polar surface area (TPSA) is 20.2 Å². The first kappa shape index (κ1) is 7.07. The molecule has 0 heterocycles. The Bertz CT molecular complexity index is 70.6. The van der Waals surface area contributed by atoms with Gasteiger partial charge in [0.1, 0.15) is 0 Å². The number of aliphatic hydroxyl groups excluding tert-OH is 1. The molecule has 0 aromatic carbocycles. The van der Waals surface area contributed by atoms with E-state index < -0.39 is 0 Å². The molecule has 1 N–H and O–H groups in total. The van der Waals surface area contributed by atoms with Crippen LogP contribution in [0.25, 0.3) is 0 Å². The maximum atomic E-state index is 9.36. The van der Waals surface area contributed by atoms with Crippen LogP contribution in [0.4, 0.5) is 0 Å². The van der Waals surface area contributed by atoms with Gasteiger partial charge in [0.05, 0.1) is 6.10 Å². The molecule has 0 aromatic heterocycles. The molecule has 1 saturated carbocycles. The van der Waals surface area contributed by atoms with Crippen molar-refractivity contribution in [2.45, 2.75) is 45.1 Å². The minimum absolute atomic E-state index is 0.00694. The van der Waals surface area contributed by atoms with Gasteiger partial charge in [-0.1, -0.05) is 26.2 Å². The average molecular weight is 128 g/mol. The van der Waals surface area contributed by atoms with Crippen LogP contribution in [0.5, 0.6) is 0 Å². The number of rotatable bonds is 0. The van der Waals surface area contributed by atoms with Crippen LogP contribution >= 0.6 is 0 Å². The molecule has 0 saturated heterocycles. The zero-order valence-electron chi connectivity index (χ0n) is 6.14. The maximum Gasteiger partial charge on any atom is 0.0565 e. The lowest BCUT2D eigenvalue weighted by molar-refractivity contribution is 0.110. The Morgan fingerprint density at radius 3 is 2.56 bits per heavy atom. The quantitative estimate of drug-likeness (QED) is 0.494. The van der Waals surface area contributed by atoms with Crippen molar-refractivity contribution in [3.8, 4) is 0 Å². The minimum Gasteiger partial charge on any atom is -0.393 e. The molecule has 1 fully saturated rings. The fraction of sp³-hybridized carbons (Fsp3) is 1.00. The van der Waals surface area contributed by atoms with Crippen LogP contribution < -0.4 is 0 Å². The van der Waals surface area contributed by atoms with E-state index in [1.165, 1.54) is 25.7 Å². The highest BCUT2D eigenvalue weighted by Gasteiger charge is 2.15. The Hall–Kier alpha value is -0.0400. The van der Waals surface area contributed by atoms with Gasteiger partial charge in [-0.25, -0.2) is 0 Å². The molecule has 0 bridgehead atoms. The highest BCUT2D eigenvalue weighted by Crippen LogP contribution is 2.22. The summed E-state index contributed by atoms with van der Waals surface area (Å²) in [6.45, 7) is 2.15. The summed E-state index contributed by atoms with van der Waals surface area (Å²) in [5.41, 5.74) is 0. The van der Waals surface area contributed by atoms with Gasteiger partial charge in [-0.3, -0.25) is 0 Å². The Balaban J connectivity index is 2.32. The summed E-state index contributed by atoms with van der Waals surface area (Å²) in [6.07, 6.45) is 6.11. The predicted molar refractivity (Wildman–Crippen MR) is 38.3 cm³/mol. The van der Waals surface area contributed by atoms with Gasteiger partial charge in [0, 0.05) is 0 Å². The molecular weight excluding hydrogens is 112 g/mol. The molecule has 2 atom stereocenters. The normalized spacial score (nSPS) is 38.0. The molecule has 0 aromatic rings. The lowest BCUT2D eigenvalue weighted by Gasteiger charge is -2.13. The summed E-state index contributed by atoms with van der Waals surface area (Å²) in [5, 5.41) is 9.36. The molecule has 0 spiro atoms. The average Bonchev–Trinajstić information content (AvgIpc) is 1.99. The van der Waals surface area contributed by atoms with E-state index in [4.69, 9.17) is 0 Å². The van der Waals surface area contributed by atoms with Crippen LogP contribution in [0.2, 0.25) is 0 Å². The van der Waals surface area contributed by atoms with Gasteiger partial charge >= 0.3 is 0 Å². The van der Waals surface area contributed by atoms with Crippen molar-refractivity contribution in [3.05, 3.63) is 0 Å². The smallest absolute Gasteiger partial charge is 0.0565 e. The van der Waals surface area contributed by atoms with E-state index in [9.17, 15) is 5.11 Å². The van der Waals surface area contributed by atoms with Crippen molar-refractivity contribution < 1.29 is 5.11 Å². The summed E-state index contributed by atoms with van der Waals surface area (Å²) in [4.78, 5) is 0. The third-order valence-corrected chi connectivity index (χ3v) is 2.32. The molecule has 1 heteroatoms. The van der Waals surface area contributed by atoms with Crippen LogP contribution in [0.15, 0.2) is 0 Å². The lowest BCUT2D eigenvalue weighted by atomic mass is 10.0. The Kier molecular flexibility index (Phi) is 2.52. The van der Waals surface area contributed by atoms with Crippen molar-refractivity contribution in [3.63, 3.8) is 0 Å². The molecule has 9 heavy (non-hydrogen) atoms. The van der Waals surface area contributed by atoms with E-state index in [-0.39, 0.29) is 6.10 Å². The van der Waals surface area contributed by atoms with Gasteiger partial charge in [-0.15, -0.1) is 0 Å². The molecule has 1 nitrogen and oxygen atoms in total. The van der Waals surface area contributed by atoms with Crippen molar-refractivity contribution in [1.82, 2.24) is 0 Å². The number of hydrogen-bond acceptors (Lipinski definition) is 1. The van der Waals surface area contributed by atoms with Crippen LogP contribution in [-0.2, 0) is 0 Å². The van der Waals surface area contributed by atoms with Gasteiger partial charge in [-0.2, -0.15) is 0 Å². The van der Waals surface area contributed by atoms with E-state index in [0.717, 1.165) is 6.42 Å². The van der Waals surface area contributed by atoms with Crippen molar-refractivity contribution in [2.24, 2.45) is 5.92 Å². The van der Waals surface area contributed by atoms with Crippen molar-refractivity contribution in [2.75, 3.05) is 0 Å². The molecule has 0 amide bonds. The Morgan fingerprint density at radius 1 is 1.11 bits per heavy atom. The third kappa shape index (κ3) is 1.98. The van der Waals surface area contributed by atoms with E-state index in [2.05, 4.69) is 6.92 Å².